The average Bonchev–Trinajstić information content (AvgIpc) is 3.21. The van der Waals surface area contributed by atoms with Crippen LogP contribution in [-0.4, -0.2) is 30.6 Å². The lowest BCUT2D eigenvalue weighted by atomic mass is 9.89. The highest BCUT2D eigenvalue weighted by atomic mass is 16.5. The number of rotatable bonds is 6. The molecule has 29 heavy (non-hydrogen) atoms. The lowest BCUT2D eigenvalue weighted by molar-refractivity contribution is -0.0265. The van der Waals surface area contributed by atoms with Gasteiger partial charge in [-0.05, 0) is 25.3 Å². The number of aliphatic imine (C=N–C) groups is 1. The molecule has 0 aliphatic carbocycles. The summed E-state index contributed by atoms with van der Waals surface area (Å²) in [6.45, 7) is 11.2. The average molecular weight is 399 g/mol. The van der Waals surface area contributed by atoms with Gasteiger partial charge in [0.1, 0.15) is 12.3 Å². The summed E-state index contributed by atoms with van der Waals surface area (Å²) < 4.78 is 12.0. The minimum absolute atomic E-state index is 0.0505. The van der Waals surface area contributed by atoms with Gasteiger partial charge in [0.2, 0.25) is 5.89 Å². The van der Waals surface area contributed by atoms with Crippen molar-refractivity contribution in [1.29, 1.82) is 0 Å². The number of ether oxygens (including phenoxy) is 1. The first kappa shape index (κ1) is 21.4. The van der Waals surface area contributed by atoms with Gasteiger partial charge in [-0.3, -0.25) is 0 Å². The predicted molar refractivity (Wildman–Crippen MR) is 116 cm³/mol. The number of aromatic nitrogens is 1. The van der Waals surface area contributed by atoms with Crippen LogP contribution in [-0.2, 0) is 16.7 Å². The van der Waals surface area contributed by atoms with Crippen molar-refractivity contribution in [1.82, 2.24) is 15.6 Å². The van der Waals surface area contributed by atoms with Crippen LogP contribution < -0.4 is 10.6 Å². The van der Waals surface area contributed by atoms with E-state index >= 15 is 0 Å². The third-order valence-electron chi connectivity index (χ3n) is 5.11. The molecule has 1 aliphatic rings. The smallest absolute Gasteiger partial charge is 0.216 e. The van der Waals surface area contributed by atoms with Gasteiger partial charge in [-0.15, -0.1) is 0 Å². The molecule has 2 heterocycles. The first-order valence-electron chi connectivity index (χ1n) is 10.6. The van der Waals surface area contributed by atoms with Crippen molar-refractivity contribution in [2.75, 3.05) is 19.7 Å². The van der Waals surface area contributed by atoms with Crippen LogP contribution in [0.4, 0.5) is 0 Å². The van der Waals surface area contributed by atoms with E-state index in [-0.39, 0.29) is 11.5 Å². The SMILES string of the molecule is CCNC(=NCc1ncc(C(C)(C)C)o1)NCC1CCCOC1c1ccccc1. The van der Waals surface area contributed by atoms with E-state index in [1.807, 2.05) is 6.07 Å². The Kier molecular flexibility index (Phi) is 7.31. The van der Waals surface area contributed by atoms with Crippen LogP contribution in [0.15, 0.2) is 45.9 Å². The fraction of sp³-hybridized carbons (Fsp3) is 0.565. The largest absolute Gasteiger partial charge is 0.443 e. The Morgan fingerprint density at radius 1 is 1.21 bits per heavy atom. The van der Waals surface area contributed by atoms with Crippen LogP contribution in [0, 0.1) is 5.92 Å². The van der Waals surface area contributed by atoms with Crippen molar-refractivity contribution in [2.45, 2.75) is 58.6 Å². The highest BCUT2D eigenvalue weighted by Crippen LogP contribution is 2.33. The standard InChI is InChI=1S/C23H34N4O2/c1-5-24-22(27-16-20-25-15-19(29-20)23(2,3)4)26-14-18-12-9-13-28-21(18)17-10-7-6-8-11-17/h6-8,10-11,15,18,21H,5,9,12-14,16H2,1-4H3,(H2,24,26,27). The Labute approximate surface area is 174 Å². The first-order valence-corrected chi connectivity index (χ1v) is 10.6. The number of nitrogens with one attached hydrogen (secondary N) is 2. The van der Waals surface area contributed by atoms with Crippen LogP contribution in [0.25, 0.3) is 0 Å². The number of hydrogen-bond acceptors (Lipinski definition) is 4. The number of hydrogen-bond donors (Lipinski definition) is 2. The van der Waals surface area contributed by atoms with Crippen molar-refractivity contribution >= 4 is 5.96 Å². The van der Waals surface area contributed by atoms with Gasteiger partial charge < -0.3 is 19.8 Å². The number of nitrogens with zero attached hydrogens (tertiary/aromatic N) is 2. The third-order valence-corrected chi connectivity index (χ3v) is 5.11. The molecular formula is C23H34N4O2. The van der Waals surface area contributed by atoms with E-state index in [0.29, 0.717) is 18.4 Å². The van der Waals surface area contributed by atoms with E-state index in [9.17, 15) is 0 Å². The summed E-state index contributed by atoms with van der Waals surface area (Å²) >= 11 is 0. The fourth-order valence-electron chi connectivity index (χ4n) is 3.51. The predicted octanol–water partition coefficient (Wildman–Crippen LogP) is 4.20. The molecule has 1 aliphatic heterocycles. The second-order valence-electron chi connectivity index (χ2n) is 8.55. The molecule has 6 heteroatoms. The number of guanidine groups is 1. The van der Waals surface area contributed by atoms with Gasteiger partial charge in [0.25, 0.3) is 0 Å². The molecule has 1 aromatic heterocycles. The maximum atomic E-state index is 6.11. The molecule has 0 saturated carbocycles. The van der Waals surface area contributed by atoms with Crippen molar-refractivity contribution < 1.29 is 9.15 Å². The van der Waals surface area contributed by atoms with Crippen LogP contribution in [0.1, 0.15) is 63.9 Å². The monoisotopic (exact) mass is 398 g/mol. The zero-order valence-electron chi connectivity index (χ0n) is 18.1. The van der Waals surface area contributed by atoms with Crippen LogP contribution in [0.5, 0.6) is 0 Å². The Bertz CT molecular complexity index is 780. The molecule has 158 valence electrons. The number of benzene rings is 1. The van der Waals surface area contributed by atoms with E-state index in [1.165, 1.54) is 5.56 Å². The van der Waals surface area contributed by atoms with E-state index in [0.717, 1.165) is 44.3 Å². The Morgan fingerprint density at radius 2 is 2.00 bits per heavy atom. The molecule has 2 unspecified atom stereocenters. The molecule has 6 nitrogen and oxygen atoms in total. The molecule has 3 rings (SSSR count). The highest BCUT2D eigenvalue weighted by Gasteiger charge is 2.27. The highest BCUT2D eigenvalue weighted by molar-refractivity contribution is 5.79. The second kappa shape index (κ2) is 9.92. The summed E-state index contributed by atoms with van der Waals surface area (Å²) in [4.78, 5) is 9.03. The summed E-state index contributed by atoms with van der Waals surface area (Å²) in [6, 6.07) is 10.5. The maximum absolute atomic E-state index is 6.11. The van der Waals surface area contributed by atoms with E-state index < -0.39 is 0 Å². The molecule has 0 radical (unpaired) electrons. The van der Waals surface area contributed by atoms with Gasteiger partial charge in [0.05, 0.1) is 12.3 Å². The molecule has 0 amide bonds. The van der Waals surface area contributed by atoms with Gasteiger partial charge in [-0.2, -0.15) is 0 Å². The molecule has 2 atom stereocenters. The van der Waals surface area contributed by atoms with E-state index in [4.69, 9.17) is 9.15 Å². The van der Waals surface area contributed by atoms with Gasteiger partial charge in [-0.25, -0.2) is 9.98 Å². The summed E-state index contributed by atoms with van der Waals surface area (Å²) in [7, 11) is 0. The van der Waals surface area contributed by atoms with E-state index in [1.54, 1.807) is 6.20 Å². The Balaban J connectivity index is 1.62. The van der Waals surface area contributed by atoms with Crippen LogP contribution in [0.3, 0.4) is 0 Å². The summed E-state index contributed by atoms with van der Waals surface area (Å²) in [6.07, 6.45) is 4.16. The second-order valence-corrected chi connectivity index (χ2v) is 8.55. The van der Waals surface area contributed by atoms with Gasteiger partial charge in [0, 0.05) is 31.0 Å². The fourth-order valence-corrected chi connectivity index (χ4v) is 3.51. The summed E-state index contributed by atoms with van der Waals surface area (Å²) in [5.41, 5.74) is 1.20. The quantitative estimate of drug-likeness (QED) is 0.564. The van der Waals surface area contributed by atoms with Crippen molar-refractivity contribution in [3.05, 3.63) is 53.7 Å². The van der Waals surface area contributed by atoms with E-state index in [2.05, 4.69) is 72.6 Å². The zero-order chi connectivity index (χ0) is 20.7. The molecule has 1 aromatic carbocycles. The van der Waals surface area contributed by atoms with Crippen LogP contribution >= 0.6 is 0 Å². The molecular weight excluding hydrogens is 364 g/mol. The minimum Gasteiger partial charge on any atom is -0.443 e. The van der Waals surface area contributed by atoms with Gasteiger partial charge in [0.15, 0.2) is 5.96 Å². The lowest BCUT2D eigenvalue weighted by Crippen LogP contribution is -2.42. The summed E-state index contributed by atoms with van der Waals surface area (Å²) in [5, 5.41) is 6.80. The first-order chi connectivity index (χ1) is 14.0. The van der Waals surface area contributed by atoms with Crippen molar-refractivity contribution in [2.24, 2.45) is 10.9 Å². The van der Waals surface area contributed by atoms with Gasteiger partial charge in [-0.1, -0.05) is 51.1 Å². The molecule has 0 bridgehead atoms. The van der Waals surface area contributed by atoms with Gasteiger partial charge >= 0.3 is 0 Å². The normalized spacial score (nSPS) is 20.5. The topological polar surface area (TPSA) is 71.7 Å². The Hall–Kier alpha value is -2.34. The maximum Gasteiger partial charge on any atom is 0.216 e. The van der Waals surface area contributed by atoms with Crippen molar-refractivity contribution in [3.63, 3.8) is 0 Å². The van der Waals surface area contributed by atoms with Crippen molar-refractivity contribution in [3.8, 4) is 0 Å². The molecule has 0 spiro atoms. The molecule has 1 fully saturated rings. The summed E-state index contributed by atoms with van der Waals surface area (Å²) in [5.74, 6) is 2.70. The molecule has 2 N–H and O–H groups in total. The van der Waals surface area contributed by atoms with Crippen LogP contribution in [0.2, 0.25) is 0 Å². The third kappa shape index (κ3) is 6.07. The number of oxazole rings is 1. The molecule has 2 aromatic rings. The lowest BCUT2D eigenvalue weighted by Gasteiger charge is -2.32. The molecule has 1 saturated heterocycles. The Morgan fingerprint density at radius 3 is 2.69 bits per heavy atom. The minimum atomic E-state index is -0.0505. The zero-order valence-corrected chi connectivity index (χ0v) is 18.1.